The summed E-state index contributed by atoms with van der Waals surface area (Å²) in [5, 5.41) is 3.55. The first kappa shape index (κ1) is 24.5. The zero-order valence-corrected chi connectivity index (χ0v) is 20.8. The molecule has 0 radical (unpaired) electrons. The molecule has 1 aliphatic heterocycles. The van der Waals surface area contributed by atoms with E-state index < -0.39 is 0 Å². The zero-order valence-electron chi connectivity index (χ0n) is 20.0. The number of hydrogen-bond acceptors (Lipinski definition) is 5. The Morgan fingerprint density at radius 3 is 2.44 bits per heavy atom. The minimum Gasteiger partial charge on any atom is -0.354 e. The van der Waals surface area contributed by atoms with Crippen LogP contribution >= 0.6 is 11.8 Å². The highest BCUT2D eigenvalue weighted by molar-refractivity contribution is 7.99. The van der Waals surface area contributed by atoms with E-state index in [0.717, 1.165) is 30.9 Å². The summed E-state index contributed by atoms with van der Waals surface area (Å²) in [5.74, 6) is 0.233. The fourth-order valence-corrected chi connectivity index (χ4v) is 4.77. The van der Waals surface area contributed by atoms with E-state index in [4.69, 9.17) is 0 Å². The van der Waals surface area contributed by atoms with Gasteiger partial charge in [-0.1, -0.05) is 56.8 Å². The maximum Gasteiger partial charge on any atom is 0.257 e. The second-order valence-corrected chi connectivity index (χ2v) is 10.6. The number of carbonyl (C=O) groups is 1. The van der Waals surface area contributed by atoms with E-state index >= 15 is 0 Å². The van der Waals surface area contributed by atoms with Crippen molar-refractivity contribution < 1.29 is 4.79 Å². The predicted molar refractivity (Wildman–Crippen MR) is 132 cm³/mol. The van der Waals surface area contributed by atoms with Crippen molar-refractivity contribution in [3.63, 3.8) is 0 Å². The van der Waals surface area contributed by atoms with Crippen LogP contribution in [-0.4, -0.2) is 52.3 Å². The number of rotatable bonds is 8. The number of aryl methyl sites for hydroxylation is 1. The van der Waals surface area contributed by atoms with Crippen LogP contribution in [0.3, 0.4) is 0 Å². The van der Waals surface area contributed by atoms with Crippen LogP contribution in [0.5, 0.6) is 0 Å². The molecule has 2 aromatic rings. The maximum atomic E-state index is 13.0. The Bertz CT molecular complexity index is 987. The van der Waals surface area contributed by atoms with Crippen LogP contribution in [0.25, 0.3) is 0 Å². The Balaban J connectivity index is 1.59. The third-order valence-corrected chi connectivity index (χ3v) is 7.06. The normalized spacial score (nSPS) is 14.7. The van der Waals surface area contributed by atoms with E-state index in [1.165, 1.54) is 30.2 Å². The molecular formula is C25H36N4O2S. The Kier molecular flexibility index (Phi) is 8.17. The van der Waals surface area contributed by atoms with Crippen molar-refractivity contribution in [1.82, 2.24) is 19.8 Å². The topological polar surface area (TPSA) is 67.2 Å². The molecule has 2 heterocycles. The number of nitrogens with one attached hydrogen (secondary N) is 1. The second kappa shape index (κ2) is 10.7. The molecule has 1 amide bonds. The van der Waals surface area contributed by atoms with Gasteiger partial charge in [-0.25, -0.2) is 4.98 Å². The van der Waals surface area contributed by atoms with Gasteiger partial charge in [-0.15, -0.1) is 0 Å². The lowest BCUT2D eigenvalue weighted by atomic mass is 9.86. The van der Waals surface area contributed by atoms with Crippen molar-refractivity contribution in [2.45, 2.75) is 57.5 Å². The maximum absolute atomic E-state index is 13.0. The third kappa shape index (κ3) is 6.45. The Morgan fingerprint density at radius 1 is 1.16 bits per heavy atom. The van der Waals surface area contributed by atoms with Crippen molar-refractivity contribution in [2.75, 3.05) is 31.9 Å². The van der Waals surface area contributed by atoms with Crippen LogP contribution < -0.4 is 10.9 Å². The second-order valence-electron chi connectivity index (χ2n) is 9.63. The van der Waals surface area contributed by atoms with Crippen molar-refractivity contribution in [3.8, 4) is 0 Å². The molecule has 32 heavy (non-hydrogen) atoms. The van der Waals surface area contributed by atoms with Crippen LogP contribution in [-0.2, 0) is 23.7 Å². The van der Waals surface area contributed by atoms with Gasteiger partial charge in [0.1, 0.15) is 0 Å². The van der Waals surface area contributed by atoms with Crippen molar-refractivity contribution >= 4 is 17.7 Å². The zero-order chi connectivity index (χ0) is 23.3. The van der Waals surface area contributed by atoms with Gasteiger partial charge in [-0.05, 0) is 49.4 Å². The number of likely N-dealkylation sites (tertiary alicyclic amines) is 1. The number of amides is 1. The molecule has 6 nitrogen and oxygen atoms in total. The first-order valence-corrected chi connectivity index (χ1v) is 12.4. The number of thioether (sulfide) groups is 1. The first-order valence-electron chi connectivity index (χ1n) is 11.4. The number of aromatic nitrogens is 2. The average Bonchev–Trinajstić information content (AvgIpc) is 3.26. The molecule has 7 heteroatoms. The molecule has 0 atom stereocenters. The van der Waals surface area contributed by atoms with Crippen molar-refractivity contribution in [3.05, 3.63) is 57.0 Å². The van der Waals surface area contributed by atoms with Crippen LogP contribution in [0, 0.1) is 6.92 Å². The van der Waals surface area contributed by atoms with Crippen LogP contribution in [0.15, 0.2) is 34.2 Å². The molecule has 3 rings (SSSR count). The summed E-state index contributed by atoms with van der Waals surface area (Å²) in [4.78, 5) is 32.2. The molecule has 1 aromatic heterocycles. The lowest BCUT2D eigenvalue weighted by Crippen LogP contribution is -2.34. The van der Waals surface area contributed by atoms with Gasteiger partial charge in [0.15, 0.2) is 5.16 Å². The number of carbonyl (C=O) groups excluding carboxylic acids is 1. The summed E-state index contributed by atoms with van der Waals surface area (Å²) < 4.78 is 1.56. The monoisotopic (exact) mass is 456 g/mol. The fraction of sp³-hybridized carbons (Fsp3) is 0.560. The Morgan fingerprint density at radius 2 is 1.81 bits per heavy atom. The van der Waals surface area contributed by atoms with Gasteiger partial charge in [0.25, 0.3) is 5.56 Å². The summed E-state index contributed by atoms with van der Waals surface area (Å²) in [6.45, 7) is 12.3. The molecule has 0 unspecified atom stereocenters. The molecular weight excluding hydrogens is 420 g/mol. The molecule has 0 saturated carbocycles. The minimum atomic E-state index is -0.0469. The largest absolute Gasteiger partial charge is 0.354 e. The van der Waals surface area contributed by atoms with Gasteiger partial charge < -0.3 is 10.2 Å². The average molecular weight is 457 g/mol. The van der Waals surface area contributed by atoms with Gasteiger partial charge in [0.05, 0.1) is 5.75 Å². The van der Waals surface area contributed by atoms with Crippen LogP contribution in [0.4, 0.5) is 0 Å². The smallest absolute Gasteiger partial charge is 0.257 e. The highest BCUT2D eigenvalue weighted by Gasteiger charge is 2.16. The summed E-state index contributed by atoms with van der Waals surface area (Å²) in [7, 11) is 1.73. The number of benzene rings is 1. The molecule has 1 saturated heterocycles. The predicted octanol–water partition coefficient (Wildman–Crippen LogP) is 3.28. The highest BCUT2D eigenvalue weighted by Crippen LogP contribution is 2.23. The van der Waals surface area contributed by atoms with E-state index in [1.54, 1.807) is 11.6 Å². The molecule has 0 aliphatic carbocycles. The van der Waals surface area contributed by atoms with Crippen LogP contribution in [0.1, 0.15) is 56.0 Å². The van der Waals surface area contributed by atoms with Crippen LogP contribution in [0.2, 0.25) is 0 Å². The Hall–Kier alpha value is -2.12. The lowest BCUT2D eigenvalue weighted by Gasteiger charge is -2.19. The van der Waals surface area contributed by atoms with E-state index in [2.05, 4.69) is 60.2 Å². The Labute approximate surface area is 195 Å². The molecule has 1 fully saturated rings. The fourth-order valence-electron chi connectivity index (χ4n) is 3.93. The van der Waals surface area contributed by atoms with Gasteiger partial charge in [-0.2, -0.15) is 0 Å². The SMILES string of the molecule is Cc1nc(SCC(=O)NCCN2CCCC2)n(C)c(=O)c1Cc1ccc(C(C)(C)C)cc1. The van der Waals surface area contributed by atoms with E-state index in [-0.39, 0.29) is 22.6 Å². The molecule has 1 aromatic carbocycles. The van der Waals surface area contributed by atoms with Gasteiger partial charge >= 0.3 is 0 Å². The van der Waals surface area contributed by atoms with E-state index in [9.17, 15) is 9.59 Å². The van der Waals surface area contributed by atoms with Crippen molar-refractivity contribution in [1.29, 1.82) is 0 Å². The summed E-state index contributed by atoms with van der Waals surface area (Å²) in [5.41, 5.74) is 3.85. The summed E-state index contributed by atoms with van der Waals surface area (Å²) in [6.07, 6.45) is 3.06. The minimum absolute atomic E-state index is 0.0240. The molecule has 1 N–H and O–H groups in total. The molecule has 0 bridgehead atoms. The highest BCUT2D eigenvalue weighted by atomic mass is 32.2. The van der Waals surface area contributed by atoms with Gasteiger partial charge in [-0.3, -0.25) is 14.2 Å². The number of hydrogen-bond donors (Lipinski definition) is 1. The third-order valence-electron chi connectivity index (χ3n) is 6.03. The van der Waals surface area contributed by atoms with Gasteiger partial charge in [0, 0.05) is 37.8 Å². The first-order chi connectivity index (χ1) is 15.1. The van der Waals surface area contributed by atoms with Gasteiger partial charge in [0.2, 0.25) is 5.91 Å². The molecule has 1 aliphatic rings. The summed E-state index contributed by atoms with van der Waals surface area (Å²) >= 11 is 1.31. The van der Waals surface area contributed by atoms with Crippen molar-refractivity contribution in [2.24, 2.45) is 7.05 Å². The molecule has 174 valence electrons. The summed E-state index contributed by atoms with van der Waals surface area (Å²) in [6, 6.07) is 8.45. The quantitative estimate of drug-likeness (QED) is 0.488. The van der Waals surface area contributed by atoms with E-state index in [1.807, 2.05) is 6.92 Å². The number of nitrogens with zero attached hydrogens (tertiary/aromatic N) is 3. The standard InChI is InChI=1S/C25H36N4O2S/c1-18-21(16-19-8-10-20(11-9-19)25(2,3)4)23(31)28(5)24(27-18)32-17-22(30)26-12-15-29-13-6-7-14-29/h8-11H,6-7,12-17H2,1-5H3,(H,26,30). The molecule has 0 spiro atoms. The lowest BCUT2D eigenvalue weighted by molar-refractivity contribution is -0.118. The van der Waals surface area contributed by atoms with E-state index in [0.29, 0.717) is 23.7 Å².